The molecule has 0 spiro atoms. The van der Waals surface area contributed by atoms with Gasteiger partial charge in [0.2, 0.25) is 11.3 Å². The van der Waals surface area contributed by atoms with E-state index in [0.29, 0.717) is 11.1 Å². The number of nitriles is 1. The van der Waals surface area contributed by atoms with Gasteiger partial charge in [0.15, 0.2) is 5.58 Å². The molecule has 0 radical (unpaired) electrons. The quantitative estimate of drug-likeness (QED) is 0.773. The zero-order valence-corrected chi connectivity index (χ0v) is 10.1. The Morgan fingerprint density at radius 3 is 2.89 bits per heavy atom. The lowest BCUT2D eigenvalue weighted by Crippen LogP contribution is -2.33. The fourth-order valence-electron chi connectivity index (χ4n) is 1.54. The van der Waals surface area contributed by atoms with E-state index in [2.05, 4.69) is 4.98 Å². The lowest BCUT2D eigenvalue weighted by Gasteiger charge is -2.14. The maximum Gasteiger partial charge on any atom is 0.335 e. The molecule has 1 unspecified atom stereocenters. The maximum atomic E-state index is 11.8. The molecule has 2 rings (SSSR count). The van der Waals surface area contributed by atoms with Crippen molar-refractivity contribution >= 4 is 17.1 Å². The van der Waals surface area contributed by atoms with Gasteiger partial charge in [0.05, 0.1) is 12.7 Å². The number of rotatable bonds is 3. The van der Waals surface area contributed by atoms with Crippen molar-refractivity contribution in [3.05, 3.63) is 30.2 Å². The van der Waals surface area contributed by atoms with Crippen molar-refractivity contribution in [3.63, 3.8) is 0 Å². The maximum absolute atomic E-state index is 11.8. The minimum absolute atomic E-state index is 0.0599. The first-order valence-electron chi connectivity index (χ1n) is 5.56. The first kappa shape index (κ1) is 12.1. The number of ether oxygens (including phenoxy) is 1. The molecule has 1 aromatic heterocycles. The third kappa shape index (κ3) is 1.82. The molecule has 0 bridgehead atoms. The van der Waals surface area contributed by atoms with E-state index in [1.807, 2.05) is 12.1 Å². The molecule has 5 nitrogen and oxygen atoms in total. The molecule has 0 fully saturated rings. The number of hydrogen-bond acceptors (Lipinski definition) is 5. The van der Waals surface area contributed by atoms with E-state index in [4.69, 9.17) is 9.15 Å². The summed E-state index contributed by atoms with van der Waals surface area (Å²) in [6.45, 7) is 3.33. The van der Waals surface area contributed by atoms with E-state index in [9.17, 15) is 10.1 Å². The van der Waals surface area contributed by atoms with E-state index in [-0.39, 0.29) is 12.5 Å². The van der Waals surface area contributed by atoms with Crippen molar-refractivity contribution in [2.24, 2.45) is 0 Å². The molecule has 92 valence electrons. The molecule has 1 atom stereocenters. The first-order chi connectivity index (χ1) is 8.61. The minimum Gasteiger partial charge on any atom is -0.464 e. The third-order valence-electron chi connectivity index (χ3n) is 2.63. The highest BCUT2D eigenvalue weighted by molar-refractivity contribution is 5.86. The number of para-hydroxylation sites is 2. The predicted octanol–water partition coefficient (Wildman–Crippen LogP) is 2.17. The Balaban J connectivity index is 2.50. The average molecular weight is 244 g/mol. The van der Waals surface area contributed by atoms with Crippen LogP contribution in [0.15, 0.2) is 28.7 Å². The highest BCUT2D eigenvalue weighted by Crippen LogP contribution is 2.27. The van der Waals surface area contributed by atoms with Gasteiger partial charge in [-0.05, 0) is 26.0 Å². The lowest BCUT2D eigenvalue weighted by atomic mass is 9.93. The Morgan fingerprint density at radius 2 is 2.28 bits per heavy atom. The monoisotopic (exact) mass is 244 g/mol. The summed E-state index contributed by atoms with van der Waals surface area (Å²) in [6, 6.07) is 9.00. The molecule has 0 aliphatic carbocycles. The average Bonchev–Trinajstić information content (AvgIpc) is 2.82. The fourth-order valence-corrected chi connectivity index (χ4v) is 1.54. The number of aromatic nitrogens is 1. The molecule has 1 heterocycles. The Hall–Kier alpha value is -2.35. The van der Waals surface area contributed by atoms with Gasteiger partial charge in [-0.1, -0.05) is 12.1 Å². The molecule has 0 amide bonds. The van der Waals surface area contributed by atoms with Crippen LogP contribution in [0.4, 0.5) is 0 Å². The van der Waals surface area contributed by atoms with Crippen molar-refractivity contribution in [3.8, 4) is 6.07 Å². The van der Waals surface area contributed by atoms with Gasteiger partial charge in [-0.15, -0.1) is 0 Å². The largest absolute Gasteiger partial charge is 0.464 e. The van der Waals surface area contributed by atoms with Gasteiger partial charge in [0.25, 0.3) is 0 Å². The smallest absolute Gasteiger partial charge is 0.335 e. The molecule has 0 aliphatic rings. The molecular formula is C13H12N2O3. The second kappa shape index (κ2) is 4.49. The number of fused-ring (bicyclic) bond motifs is 1. The van der Waals surface area contributed by atoms with Crippen LogP contribution in [-0.2, 0) is 14.9 Å². The summed E-state index contributed by atoms with van der Waals surface area (Å²) < 4.78 is 10.3. The van der Waals surface area contributed by atoms with Gasteiger partial charge < -0.3 is 9.15 Å². The summed E-state index contributed by atoms with van der Waals surface area (Å²) in [5, 5.41) is 9.21. The standard InChI is InChI=1S/C13H12N2O3/c1-3-17-12(16)13(2,8-14)11-15-9-6-4-5-7-10(9)18-11/h4-7H,3H2,1-2H3. The van der Waals surface area contributed by atoms with Crippen LogP contribution in [0.3, 0.4) is 0 Å². The van der Waals surface area contributed by atoms with Crippen LogP contribution in [0.1, 0.15) is 19.7 Å². The lowest BCUT2D eigenvalue weighted by molar-refractivity contribution is -0.147. The van der Waals surface area contributed by atoms with Crippen molar-refractivity contribution < 1.29 is 13.9 Å². The van der Waals surface area contributed by atoms with Crippen molar-refractivity contribution in [2.45, 2.75) is 19.3 Å². The predicted molar refractivity (Wildman–Crippen MR) is 63.6 cm³/mol. The van der Waals surface area contributed by atoms with Crippen LogP contribution in [0.25, 0.3) is 11.1 Å². The third-order valence-corrected chi connectivity index (χ3v) is 2.63. The fraction of sp³-hybridized carbons (Fsp3) is 0.308. The summed E-state index contributed by atoms with van der Waals surface area (Å²) in [5.74, 6) is -0.594. The zero-order chi connectivity index (χ0) is 13.2. The topological polar surface area (TPSA) is 76.1 Å². The molecule has 18 heavy (non-hydrogen) atoms. The van der Waals surface area contributed by atoms with Crippen LogP contribution in [0, 0.1) is 11.3 Å². The first-order valence-corrected chi connectivity index (χ1v) is 5.56. The normalized spacial score (nSPS) is 13.8. The summed E-state index contributed by atoms with van der Waals surface area (Å²) in [7, 11) is 0. The molecule has 0 aliphatic heterocycles. The molecule has 0 N–H and O–H groups in total. The number of oxazole rings is 1. The van der Waals surface area contributed by atoms with E-state index in [0.717, 1.165) is 0 Å². The summed E-state index contributed by atoms with van der Waals surface area (Å²) in [5.41, 5.74) is -0.369. The summed E-state index contributed by atoms with van der Waals surface area (Å²) in [6.07, 6.45) is 0. The van der Waals surface area contributed by atoms with E-state index >= 15 is 0 Å². The number of carbonyl (C=O) groups excluding carboxylic acids is 1. The van der Waals surface area contributed by atoms with Gasteiger partial charge >= 0.3 is 5.97 Å². The van der Waals surface area contributed by atoms with E-state index in [1.54, 1.807) is 25.1 Å². The van der Waals surface area contributed by atoms with Crippen molar-refractivity contribution in [1.29, 1.82) is 5.26 Å². The van der Waals surface area contributed by atoms with Crippen LogP contribution in [0.5, 0.6) is 0 Å². The van der Waals surface area contributed by atoms with Crippen LogP contribution in [0.2, 0.25) is 0 Å². The van der Waals surface area contributed by atoms with Crippen LogP contribution in [-0.4, -0.2) is 17.6 Å². The second-order valence-electron chi connectivity index (χ2n) is 3.94. The van der Waals surface area contributed by atoms with Gasteiger partial charge in [-0.25, -0.2) is 9.78 Å². The van der Waals surface area contributed by atoms with Gasteiger partial charge in [-0.2, -0.15) is 5.26 Å². The van der Waals surface area contributed by atoms with E-state index < -0.39 is 11.4 Å². The molecule has 2 aromatic rings. The molecular weight excluding hydrogens is 232 g/mol. The minimum atomic E-state index is -1.52. The Labute approximate surface area is 104 Å². The van der Waals surface area contributed by atoms with Crippen LogP contribution >= 0.6 is 0 Å². The van der Waals surface area contributed by atoms with Crippen LogP contribution < -0.4 is 0 Å². The molecule has 0 saturated carbocycles. The van der Waals surface area contributed by atoms with Gasteiger partial charge in [-0.3, -0.25) is 0 Å². The van der Waals surface area contributed by atoms with E-state index in [1.165, 1.54) is 6.92 Å². The van der Waals surface area contributed by atoms with Crippen molar-refractivity contribution in [1.82, 2.24) is 4.98 Å². The summed E-state index contributed by atoms with van der Waals surface area (Å²) in [4.78, 5) is 16.0. The number of benzene rings is 1. The highest BCUT2D eigenvalue weighted by atomic mass is 16.5. The number of esters is 1. The Bertz CT molecular complexity index is 593. The number of nitrogens with zero attached hydrogens (tertiary/aromatic N) is 2. The van der Waals surface area contributed by atoms with Crippen molar-refractivity contribution in [2.75, 3.05) is 6.61 Å². The molecule has 0 saturated heterocycles. The number of carbonyl (C=O) groups is 1. The highest BCUT2D eigenvalue weighted by Gasteiger charge is 2.42. The number of hydrogen-bond donors (Lipinski definition) is 0. The Kier molecular flexibility index (Phi) is 3.02. The SMILES string of the molecule is CCOC(=O)C(C)(C#N)c1nc2ccccc2o1. The second-order valence-corrected chi connectivity index (χ2v) is 3.94. The molecule has 1 aromatic carbocycles. The van der Waals surface area contributed by atoms with Gasteiger partial charge in [0.1, 0.15) is 5.52 Å². The molecule has 5 heteroatoms. The van der Waals surface area contributed by atoms with Gasteiger partial charge in [0, 0.05) is 0 Å². The zero-order valence-electron chi connectivity index (χ0n) is 10.1. The Morgan fingerprint density at radius 1 is 1.56 bits per heavy atom. The summed E-state index contributed by atoms with van der Waals surface area (Å²) >= 11 is 0.